The zero-order chi connectivity index (χ0) is 18.7. The van der Waals surface area contributed by atoms with E-state index in [9.17, 15) is 9.59 Å². The molecule has 1 unspecified atom stereocenters. The number of hydrogen-bond donors (Lipinski definition) is 2. The molecule has 1 aliphatic heterocycles. The average Bonchev–Trinajstić information content (AvgIpc) is 3.10. The van der Waals surface area contributed by atoms with Gasteiger partial charge in [0.15, 0.2) is 0 Å². The Morgan fingerprint density at radius 2 is 2.19 bits per heavy atom. The maximum Gasteiger partial charge on any atom is 0.254 e. The predicted octanol–water partition coefficient (Wildman–Crippen LogP) is 1.26. The number of aromatic amines is 1. The van der Waals surface area contributed by atoms with Gasteiger partial charge in [-0.15, -0.1) is 0 Å². The van der Waals surface area contributed by atoms with E-state index in [-0.39, 0.29) is 23.5 Å². The van der Waals surface area contributed by atoms with E-state index in [0.29, 0.717) is 18.8 Å². The van der Waals surface area contributed by atoms with Gasteiger partial charge in [0.1, 0.15) is 0 Å². The molecule has 2 heterocycles. The molecule has 0 bridgehead atoms. The minimum atomic E-state index is -0.250. The molecule has 26 heavy (non-hydrogen) atoms. The fourth-order valence-electron chi connectivity index (χ4n) is 3.49. The fraction of sp³-hybridized carbons (Fsp3) is 0.421. The minimum absolute atomic E-state index is 0.0943. The monoisotopic (exact) mass is 355 g/mol. The van der Waals surface area contributed by atoms with Crippen LogP contribution in [0.4, 0.5) is 5.95 Å². The molecule has 1 aliphatic rings. The van der Waals surface area contributed by atoms with Crippen molar-refractivity contribution < 1.29 is 4.79 Å². The van der Waals surface area contributed by atoms with Gasteiger partial charge in [0.25, 0.3) is 11.5 Å². The van der Waals surface area contributed by atoms with Crippen LogP contribution >= 0.6 is 0 Å². The van der Waals surface area contributed by atoms with Gasteiger partial charge in [-0.1, -0.05) is 25.1 Å². The standard InChI is InChI=1S/C19H25N5O2/c1-3-13-6-4-5-7-16(13)18(26)24-9-8-15(12-24)23(2)11-14-10-17(25)22-19(20)21-14/h4-7,10,15H,3,8-9,11-12H2,1-2H3,(H3,20,21,22,25). The molecule has 3 N–H and O–H groups in total. The van der Waals surface area contributed by atoms with Crippen molar-refractivity contribution in [2.75, 3.05) is 25.9 Å². The highest BCUT2D eigenvalue weighted by Gasteiger charge is 2.30. The summed E-state index contributed by atoms with van der Waals surface area (Å²) in [5.74, 6) is 0.220. The Bertz CT molecular complexity index is 848. The molecule has 7 nitrogen and oxygen atoms in total. The number of nitrogen functional groups attached to an aromatic ring is 1. The number of hydrogen-bond acceptors (Lipinski definition) is 5. The summed E-state index contributed by atoms with van der Waals surface area (Å²) in [4.78, 5) is 35.1. The summed E-state index contributed by atoms with van der Waals surface area (Å²) in [6.45, 7) is 3.99. The molecule has 0 saturated carbocycles. The summed E-state index contributed by atoms with van der Waals surface area (Å²) in [6.07, 6.45) is 1.74. The number of carbonyl (C=O) groups excluding carboxylic acids is 1. The molecule has 0 aliphatic carbocycles. The molecule has 1 atom stereocenters. The summed E-state index contributed by atoms with van der Waals surface area (Å²) in [5, 5.41) is 0. The zero-order valence-corrected chi connectivity index (χ0v) is 15.2. The molecule has 3 rings (SSSR count). The van der Waals surface area contributed by atoms with E-state index in [0.717, 1.165) is 30.5 Å². The first kappa shape index (κ1) is 18.1. The first-order valence-electron chi connectivity index (χ1n) is 8.91. The van der Waals surface area contributed by atoms with Crippen LogP contribution in [-0.2, 0) is 13.0 Å². The van der Waals surface area contributed by atoms with Crippen LogP contribution in [0.1, 0.15) is 35.0 Å². The summed E-state index contributed by atoms with van der Waals surface area (Å²) in [5.41, 5.74) is 7.86. The van der Waals surface area contributed by atoms with Crippen LogP contribution in [-0.4, -0.2) is 51.9 Å². The smallest absolute Gasteiger partial charge is 0.254 e. The van der Waals surface area contributed by atoms with Crippen molar-refractivity contribution in [2.45, 2.75) is 32.4 Å². The molecular weight excluding hydrogens is 330 g/mol. The van der Waals surface area contributed by atoms with Gasteiger partial charge in [0, 0.05) is 37.3 Å². The Balaban J connectivity index is 1.66. The predicted molar refractivity (Wildman–Crippen MR) is 101 cm³/mol. The zero-order valence-electron chi connectivity index (χ0n) is 15.2. The molecular formula is C19H25N5O2. The second-order valence-corrected chi connectivity index (χ2v) is 6.74. The summed E-state index contributed by atoms with van der Waals surface area (Å²) < 4.78 is 0. The topological polar surface area (TPSA) is 95.3 Å². The number of likely N-dealkylation sites (N-methyl/N-ethyl adjacent to an activating group) is 1. The first-order chi connectivity index (χ1) is 12.5. The van der Waals surface area contributed by atoms with E-state index in [4.69, 9.17) is 5.73 Å². The number of nitrogens with one attached hydrogen (secondary N) is 1. The number of benzene rings is 1. The van der Waals surface area contributed by atoms with Gasteiger partial charge in [0.2, 0.25) is 5.95 Å². The van der Waals surface area contributed by atoms with Gasteiger partial charge in [-0.3, -0.25) is 19.5 Å². The van der Waals surface area contributed by atoms with Crippen LogP contribution in [0.15, 0.2) is 35.1 Å². The van der Waals surface area contributed by atoms with Gasteiger partial charge in [-0.05, 0) is 31.5 Å². The lowest BCUT2D eigenvalue weighted by molar-refractivity contribution is 0.0778. The van der Waals surface area contributed by atoms with Crippen LogP contribution in [0.25, 0.3) is 0 Å². The number of amides is 1. The molecule has 1 amide bonds. The van der Waals surface area contributed by atoms with Crippen molar-refractivity contribution in [3.05, 3.63) is 57.5 Å². The Labute approximate surface area is 152 Å². The van der Waals surface area contributed by atoms with E-state index in [1.807, 2.05) is 36.2 Å². The highest BCUT2D eigenvalue weighted by Crippen LogP contribution is 2.20. The molecule has 1 aromatic heterocycles. The van der Waals surface area contributed by atoms with E-state index in [2.05, 4.69) is 21.8 Å². The normalized spacial score (nSPS) is 17.0. The SMILES string of the molecule is CCc1ccccc1C(=O)N1CCC(N(C)Cc2cc(=O)[nH]c(N)n2)C1. The van der Waals surface area contributed by atoms with Gasteiger partial charge in [-0.25, -0.2) is 4.98 Å². The highest BCUT2D eigenvalue weighted by atomic mass is 16.2. The number of carbonyl (C=O) groups is 1. The van der Waals surface area contributed by atoms with Crippen molar-refractivity contribution in [1.29, 1.82) is 0 Å². The third-order valence-electron chi connectivity index (χ3n) is 4.93. The number of likely N-dealkylation sites (tertiary alicyclic amines) is 1. The first-order valence-corrected chi connectivity index (χ1v) is 8.91. The average molecular weight is 355 g/mol. The number of aromatic nitrogens is 2. The van der Waals surface area contributed by atoms with Crippen molar-refractivity contribution in [3.63, 3.8) is 0 Å². The number of rotatable bonds is 5. The fourth-order valence-corrected chi connectivity index (χ4v) is 3.49. The van der Waals surface area contributed by atoms with E-state index < -0.39 is 0 Å². The summed E-state index contributed by atoms with van der Waals surface area (Å²) in [7, 11) is 1.98. The third kappa shape index (κ3) is 3.94. The molecule has 0 radical (unpaired) electrons. The van der Waals surface area contributed by atoms with Crippen LogP contribution in [0, 0.1) is 0 Å². The largest absolute Gasteiger partial charge is 0.369 e. The van der Waals surface area contributed by atoms with Crippen molar-refractivity contribution in [2.24, 2.45) is 0 Å². The number of H-pyrrole nitrogens is 1. The van der Waals surface area contributed by atoms with Gasteiger partial charge in [-0.2, -0.15) is 0 Å². The van der Waals surface area contributed by atoms with E-state index >= 15 is 0 Å². The van der Waals surface area contributed by atoms with Gasteiger partial charge < -0.3 is 10.6 Å². The maximum absolute atomic E-state index is 12.9. The third-order valence-corrected chi connectivity index (χ3v) is 4.93. The molecule has 138 valence electrons. The number of nitrogens with zero attached hydrogens (tertiary/aromatic N) is 3. The molecule has 1 fully saturated rings. The molecule has 1 aromatic carbocycles. The Kier molecular flexibility index (Phi) is 5.37. The van der Waals surface area contributed by atoms with Gasteiger partial charge >= 0.3 is 0 Å². The van der Waals surface area contributed by atoms with Gasteiger partial charge in [0.05, 0.1) is 5.69 Å². The Hall–Kier alpha value is -2.67. The highest BCUT2D eigenvalue weighted by molar-refractivity contribution is 5.95. The summed E-state index contributed by atoms with van der Waals surface area (Å²) in [6, 6.07) is 9.49. The second-order valence-electron chi connectivity index (χ2n) is 6.74. The van der Waals surface area contributed by atoms with E-state index in [1.165, 1.54) is 6.07 Å². The van der Waals surface area contributed by atoms with E-state index in [1.54, 1.807) is 0 Å². The molecule has 0 spiro atoms. The molecule has 7 heteroatoms. The number of anilines is 1. The molecule has 2 aromatic rings. The molecule has 1 saturated heterocycles. The number of nitrogens with two attached hydrogens (primary N) is 1. The maximum atomic E-state index is 12.9. The Morgan fingerprint density at radius 1 is 1.42 bits per heavy atom. The van der Waals surface area contributed by atoms with Crippen molar-refractivity contribution in [1.82, 2.24) is 19.8 Å². The quantitative estimate of drug-likeness (QED) is 0.842. The minimum Gasteiger partial charge on any atom is -0.369 e. The second kappa shape index (κ2) is 7.70. The van der Waals surface area contributed by atoms with Crippen LogP contribution in [0.3, 0.4) is 0 Å². The summed E-state index contributed by atoms with van der Waals surface area (Å²) >= 11 is 0. The number of aryl methyl sites for hydroxylation is 1. The Morgan fingerprint density at radius 3 is 2.92 bits per heavy atom. The lowest BCUT2D eigenvalue weighted by Gasteiger charge is -2.24. The van der Waals surface area contributed by atoms with Crippen molar-refractivity contribution in [3.8, 4) is 0 Å². The van der Waals surface area contributed by atoms with Crippen molar-refractivity contribution >= 4 is 11.9 Å². The van der Waals surface area contributed by atoms with Crippen LogP contribution in [0.5, 0.6) is 0 Å². The lowest BCUT2D eigenvalue weighted by atomic mass is 10.0. The lowest BCUT2D eigenvalue weighted by Crippen LogP contribution is -2.36. The van der Waals surface area contributed by atoms with Crippen LogP contribution in [0.2, 0.25) is 0 Å². The van der Waals surface area contributed by atoms with Crippen LogP contribution < -0.4 is 11.3 Å².